The van der Waals surface area contributed by atoms with Crippen molar-refractivity contribution in [2.45, 2.75) is 394 Å². The summed E-state index contributed by atoms with van der Waals surface area (Å²) in [5.74, 6) is -0.239. The van der Waals surface area contributed by atoms with Gasteiger partial charge in [0.1, 0.15) is 73.2 Å². The molecule has 17 unspecified atom stereocenters. The summed E-state index contributed by atoms with van der Waals surface area (Å²) >= 11 is 0. The third kappa shape index (κ3) is 34.8. The quantitative estimate of drug-likeness (QED) is 0.0199. The van der Waals surface area contributed by atoms with Crippen molar-refractivity contribution in [1.82, 2.24) is 5.32 Å². The Morgan fingerprint density at radius 3 is 1.13 bits per heavy atom. The summed E-state index contributed by atoms with van der Waals surface area (Å²) in [6.07, 6.45) is 34.3. The first kappa shape index (κ1) is 82.5. The molecule has 17 atom stereocenters. The van der Waals surface area contributed by atoms with Gasteiger partial charge < -0.3 is 89.9 Å². The first-order valence-corrected chi connectivity index (χ1v) is 36.6. The maximum Gasteiger partial charge on any atom is 0.220 e. The zero-order chi connectivity index (χ0) is 65.4. The Labute approximate surface area is 543 Å². The molecule has 0 aromatic rings. The van der Waals surface area contributed by atoms with Gasteiger partial charge in [-0.25, -0.2) is 0 Å². The number of hydrogen-bond donors (Lipinski definition) is 12. The van der Waals surface area contributed by atoms with Crippen LogP contribution >= 0.6 is 0 Å². The van der Waals surface area contributed by atoms with Gasteiger partial charge in [-0.05, 0) is 44.9 Å². The number of hydrogen-bond acceptors (Lipinski definition) is 18. The fourth-order valence-electron chi connectivity index (χ4n) is 12.6. The van der Waals surface area contributed by atoms with Gasteiger partial charge in [0.05, 0.1) is 38.6 Å². The van der Waals surface area contributed by atoms with Crippen LogP contribution in [0.15, 0.2) is 24.3 Å². The highest BCUT2D eigenvalue weighted by atomic mass is 16.8. The third-order valence-corrected chi connectivity index (χ3v) is 18.5. The molecule has 3 aliphatic rings. The van der Waals surface area contributed by atoms with Gasteiger partial charge in [0, 0.05) is 6.42 Å². The molecule has 19 nitrogen and oxygen atoms in total. The van der Waals surface area contributed by atoms with Crippen LogP contribution in [-0.4, -0.2) is 193 Å². The molecule has 0 spiro atoms. The van der Waals surface area contributed by atoms with Gasteiger partial charge in [0.25, 0.3) is 0 Å². The molecule has 3 saturated heterocycles. The fraction of sp³-hybridized carbons (Fsp3) is 0.930. The van der Waals surface area contributed by atoms with E-state index in [1.54, 1.807) is 0 Å². The minimum Gasteiger partial charge on any atom is -0.394 e. The molecule has 0 aliphatic carbocycles. The Bertz CT molecular complexity index is 1730. The Hall–Kier alpha value is -1.73. The molecule has 530 valence electrons. The summed E-state index contributed by atoms with van der Waals surface area (Å²) in [6, 6.07) is -0.883. The summed E-state index contributed by atoms with van der Waals surface area (Å²) < 4.78 is 34.4. The lowest BCUT2D eigenvalue weighted by Crippen LogP contribution is -2.66. The van der Waals surface area contributed by atoms with E-state index in [4.69, 9.17) is 28.4 Å². The highest BCUT2D eigenvalue weighted by molar-refractivity contribution is 5.76. The van der Waals surface area contributed by atoms with Gasteiger partial charge in [-0.15, -0.1) is 0 Å². The highest BCUT2D eigenvalue weighted by Crippen LogP contribution is 2.33. The number of allylic oxidation sites excluding steroid dienone is 4. The number of unbranched alkanes of at least 4 members (excludes halogenated alkanes) is 37. The van der Waals surface area contributed by atoms with E-state index in [2.05, 4.69) is 43.5 Å². The van der Waals surface area contributed by atoms with Crippen LogP contribution in [0.25, 0.3) is 0 Å². The number of nitrogens with one attached hydrogen (secondary N) is 1. The molecular formula is C71H133NO18. The summed E-state index contributed by atoms with van der Waals surface area (Å²) in [4.78, 5) is 13.4. The predicted molar refractivity (Wildman–Crippen MR) is 351 cm³/mol. The molecule has 3 fully saturated rings. The van der Waals surface area contributed by atoms with Crippen molar-refractivity contribution in [3.63, 3.8) is 0 Å². The fourth-order valence-corrected chi connectivity index (χ4v) is 12.6. The SMILES string of the molecule is CCCCCCC/C=C\C/C=C\CCCCCCCCCCCCCCCCCCCCCCCC(=O)NC(COC1OC(CO)C(OC2OC(CO)C(OC3OC(CO)C(O)C(O)C3O)C(O)C2O)C(O)C1O)C(O)CCCCCCCCCCCCCC. The lowest BCUT2D eigenvalue weighted by molar-refractivity contribution is -0.379. The second-order valence-electron chi connectivity index (χ2n) is 26.4. The molecule has 19 heteroatoms. The van der Waals surface area contributed by atoms with Gasteiger partial charge >= 0.3 is 0 Å². The average Bonchev–Trinajstić information content (AvgIpc) is 0.864. The van der Waals surface area contributed by atoms with E-state index >= 15 is 0 Å². The third-order valence-electron chi connectivity index (χ3n) is 18.5. The number of carbonyl (C=O) groups excluding carboxylic acids is 1. The van der Waals surface area contributed by atoms with Crippen LogP contribution in [0, 0.1) is 0 Å². The van der Waals surface area contributed by atoms with Crippen LogP contribution in [-0.2, 0) is 33.2 Å². The topological polar surface area (TPSA) is 307 Å². The van der Waals surface area contributed by atoms with Crippen molar-refractivity contribution in [2.24, 2.45) is 0 Å². The van der Waals surface area contributed by atoms with Gasteiger partial charge in [-0.3, -0.25) is 4.79 Å². The standard InChI is InChI=1S/C71H133NO18/c1-3-5-7-9-11-13-15-17-18-19-20-21-22-23-24-25-26-27-28-29-30-31-32-33-34-35-36-37-39-41-43-45-47-49-59(77)72-54(55(76)48-46-44-42-40-38-16-14-12-10-8-6-4-2)53-85-69-65(83)62(80)67(57(51-74)87-69)90-71-66(84)63(81)68(58(52-75)88-71)89-70-64(82)61(79)60(78)56(50-73)86-70/h15,17,19-20,54-58,60-71,73-76,78-84H,3-14,16,18,21-53H2,1-2H3,(H,72,77)/b17-15-,20-19-. The van der Waals surface area contributed by atoms with E-state index in [1.165, 1.54) is 205 Å². The highest BCUT2D eigenvalue weighted by Gasteiger charge is 2.53. The molecule has 0 radical (unpaired) electrons. The van der Waals surface area contributed by atoms with Crippen LogP contribution in [0.4, 0.5) is 0 Å². The van der Waals surface area contributed by atoms with Crippen molar-refractivity contribution in [3.8, 4) is 0 Å². The number of aliphatic hydroxyl groups excluding tert-OH is 11. The Morgan fingerprint density at radius 1 is 0.400 bits per heavy atom. The largest absolute Gasteiger partial charge is 0.394 e. The Morgan fingerprint density at radius 2 is 0.733 bits per heavy atom. The lowest BCUT2D eigenvalue weighted by Gasteiger charge is -2.48. The monoisotopic (exact) mass is 1290 g/mol. The average molecular weight is 1290 g/mol. The molecular weight excluding hydrogens is 1150 g/mol. The van der Waals surface area contributed by atoms with E-state index in [0.29, 0.717) is 12.8 Å². The molecule has 3 aliphatic heterocycles. The van der Waals surface area contributed by atoms with E-state index in [1.807, 2.05) is 0 Å². The summed E-state index contributed by atoms with van der Waals surface area (Å²) in [7, 11) is 0. The Kier molecular flexibility index (Phi) is 49.0. The Balaban J connectivity index is 1.33. The molecule has 0 aromatic carbocycles. The summed E-state index contributed by atoms with van der Waals surface area (Å²) in [5, 5.41) is 121. The van der Waals surface area contributed by atoms with Crippen molar-refractivity contribution in [1.29, 1.82) is 0 Å². The van der Waals surface area contributed by atoms with Crippen molar-refractivity contribution in [2.75, 3.05) is 26.4 Å². The maximum atomic E-state index is 13.4. The van der Waals surface area contributed by atoms with Crippen LogP contribution in [0.2, 0.25) is 0 Å². The summed E-state index contributed by atoms with van der Waals surface area (Å²) in [5.41, 5.74) is 0. The molecule has 0 bridgehead atoms. The van der Waals surface area contributed by atoms with Gasteiger partial charge in [0.2, 0.25) is 5.91 Å². The van der Waals surface area contributed by atoms with Gasteiger partial charge in [-0.1, -0.05) is 263 Å². The second-order valence-corrected chi connectivity index (χ2v) is 26.4. The number of rotatable bonds is 57. The smallest absolute Gasteiger partial charge is 0.220 e. The van der Waals surface area contributed by atoms with E-state index in [0.717, 1.165) is 51.4 Å². The first-order valence-electron chi connectivity index (χ1n) is 36.6. The summed E-state index contributed by atoms with van der Waals surface area (Å²) in [6.45, 7) is 1.80. The van der Waals surface area contributed by atoms with Gasteiger partial charge in [0.15, 0.2) is 18.9 Å². The molecule has 90 heavy (non-hydrogen) atoms. The molecule has 0 saturated carbocycles. The number of aliphatic hydroxyl groups is 11. The van der Waals surface area contributed by atoms with E-state index in [-0.39, 0.29) is 18.9 Å². The van der Waals surface area contributed by atoms with Crippen molar-refractivity contribution < 1.29 is 89.4 Å². The van der Waals surface area contributed by atoms with E-state index < -0.39 is 124 Å². The normalized spacial score (nSPS) is 28.1. The molecule has 3 rings (SSSR count). The first-order chi connectivity index (χ1) is 43.8. The molecule has 12 N–H and O–H groups in total. The number of amides is 1. The van der Waals surface area contributed by atoms with Crippen molar-refractivity contribution >= 4 is 5.91 Å². The number of ether oxygens (including phenoxy) is 6. The van der Waals surface area contributed by atoms with Crippen LogP contribution in [0.3, 0.4) is 0 Å². The maximum absolute atomic E-state index is 13.4. The number of carbonyl (C=O) groups is 1. The zero-order valence-electron chi connectivity index (χ0n) is 56.1. The molecule has 0 aromatic heterocycles. The predicted octanol–water partition coefficient (Wildman–Crippen LogP) is 10.2. The second kappa shape index (κ2) is 53.4. The van der Waals surface area contributed by atoms with Crippen molar-refractivity contribution in [3.05, 3.63) is 24.3 Å². The zero-order valence-corrected chi connectivity index (χ0v) is 56.1. The van der Waals surface area contributed by atoms with Gasteiger partial charge in [-0.2, -0.15) is 0 Å². The van der Waals surface area contributed by atoms with Crippen LogP contribution < -0.4 is 5.32 Å². The minimum absolute atomic E-state index is 0.239. The van der Waals surface area contributed by atoms with Crippen LogP contribution in [0.5, 0.6) is 0 Å². The minimum atomic E-state index is -1.97. The van der Waals surface area contributed by atoms with E-state index in [9.17, 15) is 61.0 Å². The molecule has 1 amide bonds. The van der Waals surface area contributed by atoms with Crippen LogP contribution in [0.1, 0.15) is 290 Å². The molecule has 3 heterocycles. The lowest BCUT2D eigenvalue weighted by atomic mass is 9.96.